The fourth-order valence-corrected chi connectivity index (χ4v) is 0.854. The van der Waals surface area contributed by atoms with Crippen molar-refractivity contribution in [3.63, 3.8) is 0 Å². The van der Waals surface area contributed by atoms with Crippen LogP contribution in [-0.4, -0.2) is 20.7 Å². The van der Waals surface area contributed by atoms with Crippen molar-refractivity contribution in [1.82, 2.24) is 0 Å². The van der Waals surface area contributed by atoms with Gasteiger partial charge in [0.15, 0.2) is 0 Å². The first-order valence-corrected chi connectivity index (χ1v) is 3.98. The van der Waals surface area contributed by atoms with Crippen LogP contribution in [0.5, 0.6) is 0 Å². The number of nitrogens with two attached hydrogens (primary N) is 2. The average molecular weight is 175 g/mol. The van der Waals surface area contributed by atoms with E-state index in [0.29, 0.717) is 13.0 Å². The van der Waals surface area contributed by atoms with Gasteiger partial charge in [0, 0.05) is 0 Å². The molecule has 0 saturated carbocycles. The van der Waals surface area contributed by atoms with E-state index in [4.69, 9.17) is 5.73 Å². The number of hydrogen-bond donors (Lipinski definition) is 2. The van der Waals surface area contributed by atoms with Gasteiger partial charge in [-0.25, -0.2) is 13.6 Å². The molecule has 0 atom stereocenters. The van der Waals surface area contributed by atoms with Gasteiger partial charge in [-0.2, -0.15) is 0 Å². The van der Waals surface area contributed by atoms with Crippen LogP contribution in [0.3, 0.4) is 0 Å². The second-order valence-corrected chi connectivity index (χ2v) is 3.24. The van der Waals surface area contributed by atoms with Crippen LogP contribution >= 0.6 is 12.4 Å². The highest BCUT2D eigenvalue weighted by atomic mass is 35.5. The third-order valence-electron chi connectivity index (χ3n) is 0.633. The third kappa shape index (κ3) is 11.6. The van der Waals surface area contributed by atoms with Crippen LogP contribution in [0.4, 0.5) is 0 Å². The predicted octanol–water partition coefficient (Wildman–Crippen LogP) is -0.954. The molecule has 4 N–H and O–H groups in total. The van der Waals surface area contributed by atoms with Gasteiger partial charge in [0.05, 0.1) is 5.75 Å². The first-order valence-electron chi connectivity index (χ1n) is 2.27. The summed E-state index contributed by atoms with van der Waals surface area (Å²) in [5.74, 6) is -0.0104. The van der Waals surface area contributed by atoms with E-state index in [1.54, 1.807) is 0 Å². The summed E-state index contributed by atoms with van der Waals surface area (Å²) in [6, 6.07) is 0. The van der Waals surface area contributed by atoms with E-state index in [-0.39, 0.29) is 18.2 Å². The monoisotopic (exact) mass is 174 g/mol. The van der Waals surface area contributed by atoms with Crippen molar-refractivity contribution in [3.8, 4) is 0 Å². The number of hydrogen-bond acceptors (Lipinski definition) is 3. The molecule has 0 aromatic carbocycles. The van der Waals surface area contributed by atoms with Gasteiger partial charge in [-0.1, -0.05) is 0 Å². The molecule has 0 radical (unpaired) electrons. The Morgan fingerprint density at radius 1 is 1.33 bits per heavy atom. The third-order valence-corrected chi connectivity index (χ3v) is 1.49. The van der Waals surface area contributed by atoms with Crippen molar-refractivity contribution in [3.05, 3.63) is 0 Å². The molecule has 9 heavy (non-hydrogen) atoms. The van der Waals surface area contributed by atoms with Gasteiger partial charge >= 0.3 is 0 Å². The maximum absolute atomic E-state index is 10.1. The van der Waals surface area contributed by atoms with Gasteiger partial charge in [-0.15, -0.1) is 12.4 Å². The molecule has 4 nitrogen and oxygen atoms in total. The Morgan fingerprint density at radius 3 is 1.89 bits per heavy atom. The molecule has 0 aromatic heterocycles. The lowest BCUT2D eigenvalue weighted by molar-refractivity contribution is 0.595. The van der Waals surface area contributed by atoms with Crippen LogP contribution in [0.15, 0.2) is 0 Å². The number of rotatable bonds is 3. The second-order valence-electron chi connectivity index (χ2n) is 1.51. The summed E-state index contributed by atoms with van der Waals surface area (Å²) < 4.78 is 20.2. The molecule has 58 valence electrons. The molecular weight excluding hydrogens is 164 g/mol. The summed E-state index contributed by atoms with van der Waals surface area (Å²) in [6.07, 6.45) is 0.443. The summed E-state index contributed by atoms with van der Waals surface area (Å²) in [7, 11) is -3.27. The molecule has 0 aliphatic heterocycles. The van der Waals surface area contributed by atoms with Crippen LogP contribution in [0.2, 0.25) is 0 Å². The van der Waals surface area contributed by atoms with E-state index in [2.05, 4.69) is 5.14 Å². The first-order chi connectivity index (χ1) is 3.56. The summed E-state index contributed by atoms with van der Waals surface area (Å²) in [5.41, 5.74) is 5.02. The highest BCUT2D eigenvalue weighted by molar-refractivity contribution is 7.89. The van der Waals surface area contributed by atoms with Gasteiger partial charge in [0.2, 0.25) is 10.0 Å². The fourth-order valence-electron chi connectivity index (χ4n) is 0.285. The van der Waals surface area contributed by atoms with E-state index in [9.17, 15) is 8.42 Å². The Labute approximate surface area is 61.1 Å². The first kappa shape index (κ1) is 11.9. The molecular formula is C3H11ClN2O2S. The summed E-state index contributed by atoms with van der Waals surface area (Å²) in [5, 5.41) is 4.64. The largest absolute Gasteiger partial charge is 0.330 e. The topological polar surface area (TPSA) is 86.2 Å². The average Bonchev–Trinajstić information content (AvgIpc) is 1.59. The lowest BCUT2D eigenvalue weighted by Crippen LogP contribution is -2.18. The zero-order valence-electron chi connectivity index (χ0n) is 4.91. The van der Waals surface area contributed by atoms with E-state index >= 15 is 0 Å². The molecule has 0 aliphatic rings. The quantitative estimate of drug-likeness (QED) is 0.578. The molecule has 0 amide bonds. The molecule has 0 heterocycles. The standard InChI is InChI=1S/C3H10N2O2S.ClH/c4-2-1-3-8(5,6)7;/h1-4H2,(H2,5,6,7);1H. The number of halogens is 1. The van der Waals surface area contributed by atoms with Crippen LogP contribution in [0.25, 0.3) is 0 Å². The van der Waals surface area contributed by atoms with Crippen LogP contribution in [0.1, 0.15) is 6.42 Å². The molecule has 0 spiro atoms. The Morgan fingerprint density at radius 2 is 1.78 bits per heavy atom. The number of primary sulfonamides is 1. The SMILES string of the molecule is Cl.NCCCS(N)(=O)=O. The molecule has 0 saturated heterocycles. The molecule has 6 heteroatoms. The minimum atomic E-state index is -3.27. The normalized spacial score (nSPS) is 10.4. The summed E-state index contributed by atoms with van der Waals surface area (Å²) >= 11 is 0. The fraction of sp³-hybridized carbons (Fsp3) is 1.00. The van der Waals surface area contributed by atoms with Gasteiger partial charge < -0.3 is 5.73 Å². The smallest absolute Gasteiger partial charge is 0.209 e. The van der Waals surface area contributed by atoms with Crippen molar-refractivity contribution in [2.24, 2.45) is 10.9 Å². The van der Waals surface area contributed by atoms with Crippen molar-refractivity contribution in [1.29, 1.82) is 0 Å². The minimum Gasteiger partial charge on any atom is -0.330 e. The molecule has 0 bridgehead atoms. The predicted molar refractivity (Wildman–Crippen MR) is 38.9 cm³/mol. The molecule has 0 aliphatic carbocycles. The maximum atomic E-state index is 10.1. The van der Waals surface area contributed by atoms with Crippen LogP contribution in [0, 0.1) is 0 Å². The van der Waals surface area contributed by atoms with Gasteiger partial charge in [0.1, 0.15) is 0 Å². The van der Waals surface area contributed by atoms with Crippen molar-refractivity contribution in [2.45, 2.75) is 6.42 Å². The molecule has 0 aromatic rings. The summed E-state index contributed by atoms with van der Waals surface area (Å²) in [6.45, 7) is 0.371. The Bertz CT molecular complexity index is 144. The molecule has 0 fully saturated rings. The van der Waals surface area contributed by atoms with E-state index < -0.39 is 10.0 Å². The van der Waals surface area contributed by atoms with Crippen LogP contribution in [-0.2, 0) is 10.0 Å². The van der Waals surface area contributed by atoms with Crippen molar-refractivity contribution >= 4 is 22.4 Å². The number of sulfonamides is 1. The zero-order valence-corrected chi connectivity index (χ0v) is 6.54. The van der Waals surface area contributed by atoms with E-state index in [1.807, 2.05) is 0 Å². The lowest BCUT2D eigenvalue weighted by atomic mass is 10.5. The zero-order chi connectivity index (χ0) is 6.62. The summed E-state index contributed by atoms with van der Waals surface area (Å²) in [4.78, 5) is 0. The lowest BCUT2D eigenvalue weighted by Gasteiger charge is -1.91. The van der Waals surface area contributed by atoms with E-state index in [1.165, 1.54) is 0 Å². The highest BCUT2D eigenvalue weighted by Crippen LogP contribution is 1.80. The van der Waals surface area contributed by atoms with Gasteiger partial charge in [-0.05, 0) is 13.0 Å². The van der Waals surface area contributed by atoms with Crippen molar-refractivity contribution in [2.75, 3.05) is 12.3 Å². The Hall–Kier alpha value is 0.160. The van der Waals surface area contributed by atoms with Crippen LogP contribution < -0.4 is 10.9 Å². The van der Waals surface area contributed by atoms with Gasteiger partial charge in [0.25, 0.3) is 0 Å². The highest BCUT2D eigenvalue weighted by Gasteiger charge is 1.98. The molecule has 0 rings (SSSR count). The Balaban J connectivity index is 0. The minimum absolute atomic E-state index is 0. The van der Waals surface area contributed by atoms with E-state index in [0.717, 1.165) is 0 Å². The maximum Gasteiger partial charge on any atom is 0.209 e. The van der Waals surface area contributed by atoms with Gasteiger partial charge in [-0.3, -0.25) is 0 Å². The Kier molecular flexibility index (Phi) is 6.59. The molecule has 0 unspecified atom stereocenters. The van der Waals surface area contributed by atoms with Crippen molar-refractivity contribution < 1.29 is 8.42 Å². The second kappa shape index (κ2) is 4.99.